The van der Waals surface area contributed by atoms with E-state index in [2.05, 4.69) is 25.5 Å². The van der Waals surface area contributed by atoms with Gasteiger partial charge in [0.1, 0.15) is 19.6 Å². The first kappa shape index (κ1) is 21.4. The third-order valence-corrected chi connectivity index (χ3v) is 3.25. The average molecular weight is 330 g/mol. The molecule has 23 heavy (non-hydrogen) atoms. The van der Waals surface area contributed by atoms with E-state index in [0.717, 1.165) is 0 Å². The number of ether oxygens (including phenoxy) is 3. The van der Waals surface area contributed by atoms with Crippen LogP contribution in [0.25, 0.3) is 0 Å². The molecule has 0 aliphatic carbocycles. The van der Waals surface area contributed by atoms with Crippen LogP contribution < -0.4 is 0 Å². The van der Waals surface area contributed by atoms with Crippen LogP contribution in [0.15, 0.2) is 0 Å². The van der Waals surface area contributed by atoms with Crippen LogP contribution in [-0.2, 0) is 28.6 Å². The third-order valence-electron chi connectivity index (χ3n) is 3.25. The van der Waals surface area contributed by atoms with Crippen molar-refractivity contribution in [1.29, 1.82) is 0 Å². The van der Waals surface area contributed by atoms with Crippen LogP contribution >= 0.6 is 0 Å². The molecule has 0 aromatic carbocycles. The molecule has 0 radical (unpaired) electrons. The van der Waals surface area contributed by atoms with Gasteiger partial charge in [0.05, 0.1) is 13.0 Å². The van der Waals surface area contributed by atoms with Crippen molar-refractivity contribution in [1.82, 2.24) is 0 Å². The van der Waals surface area contributed by atoms with Gasteiger partial charge in [0.15, 0.2) is 0 Å². The summed E-state index contributed by atoms with van der Waals surface area (Å²) in [6.45, 7) is 12.1. The zero-order valence-electron chi connectivity index (χ0n) is 15.4. The normalized spacial score (nSPS) is 13.2. The number of hydrogen-bond donors (Lipinski definition) is 0. The van der Waals surface area contributed by atoms with Gasteiger partial charge < -0.3 is 14.2 Å². The van der Waals surface area contributed by atoms with E-state index in [1.54, 1.807) is 0 Å². The molecule has 0 aromatic rings. The van der Waals surface area contributed by atoms with E-state index in [1.807, 2.05) is 20.8 Å². The Kier molecular flexibility index (Phi) is 8.28. The maximum absolute atomic E-state index is 12.3. The first-order valence-electron chi connectivity index (χ1n) is 7.76. The highest BCUT2D eigenvalue weighted by molar-refractivity contribution is 5.91. The Bertz CT molecular complexity index is 414. The number of carbonyl (C=O) groups is 3. The number of rotatable bonds is 7. The predicted octanol–water partition coefficient (Wildman–Crippen LogP) is 2.73. The van der Waals surface area contributed by atoms with Crippen molar-refractivity contribution in [3.63, 3.8) is 0 Å². The van der Waals surface area contributed by atoms with Gasteiger partial charge in [0.25, 0.3) is 0 Å². The Labute approximate surface area is 138 Å². The minimum atomic E-state index is -0.699. The van der Waals surface area contributed by atoms with Crippen molar-refractivity contribution in [2.45, 2.75) is 54.4 Å². The zero-order chi connectivity index (χ0) is 18.3. The molecule has 0 spiro atoms. The predicted molar refractivity (Wildman–Crippen MR) is 85.6 cm³/mol. The van der Waals surface area contributed by atoms with E-state index in [9.17, 15) is 14.4 Å². The van der Waals surface area contributed by atoms with Crippen molar-refractivity contribution in [3.8, 4) is 0 Å². The van der Waals surface area contributed by atoms with Crippen LogP contribution in [0, 0.1) is 16.7 Å². The third kappa shape index (κ3) is 9.92. The minimum Gasteiger partial charge on any atom is -0.469 e. The Morgan fingerprint density at radius 1 is 0.870 bits per heavy atom. The molecule has 0 rings (SSSR count). The van der Waals surface area contributed by atoms with Crippen molar-refractivity contribution < 1.29 is 28.6 Å². The molecule has 134 valence electrons. The van der Waals surface area contributed by atoms with Crippen LogP contribution in [0.1, 0.15) is 54.4 Å². The van der Waals surface area contributed by atoms with Gasteiger partial charge in [-0.15, -0.1) is 0 Å². The molecule has 0 bridgehead atoms. The topological polar surface area (TPSA) is 78.9 Å². The van der Waals surface area contributed by atoms with E-state index >= 15 is 0 Å². The van der Waals surface area contributed by atoms with Crippen molar-refractivity contribution in [3.05, 3.63) is 0 Å². The number of methoxy groups -OCH3 is 1. The van der Waals surface area contributed by atoms with Gasteiger partial charge in [-0.05, 0) is 17.3 Å². The van der Waals surface area contributed by atoms with Crippen LogP contribution in [0.4, 0.5) is 0 Å². The van der Waals surface area contributed by atoms with Crippen molar-refractivity contribution in [2.75, 3.05) is 20.3 Å². The summed E-state index contributed by atoms with van der Waals surface area (Å²) in [6, 6.07) is 0. The van der Waals surface area contributed by atoms with Gasteiger partial charge in [-0.25, -0.2) is 0 Å². The SMILES string of the molecule is COC(=O)CC(=O)OCCOC(=O)C(CC(C)(C)C)C(C)(C)C. The Balaban J connectivity index is 4.34. The molecule has 6 heteroatoms. The zero-order valence-corrected chi connectivity index (χ0v) is 15.4. The summed E-state index contributed by atoms with van der Waals surface area (Å²) < 4.78 is 14.4. The molecule has 6 nitrogen and oxygen atoms in total. The molecule has 0 saturated heterocycles. The van der Waals surface area contributed by atoms with Gasteiger partial charge in [-0.3, -0.25) is 14.4 Å². The molecule has 0 fully saturated rings. The number of carbonyl (C=O) groups excluding carboxylic acids is 3. The van der Waals surface area contributed by atoms with E-state index in [0.29, 0.717) is 6.42 Å². The van der Waals surface area contributed by atoms with Gasteiger partial charge in [-0.2, -0.15) is 0 Å². The number of esters is 3. The summed E-state index contributed by atoms with van der Waals surface area (Å²) >= 11 is 0. The van der Waals surface area contributed by atoms with Crippen LogP contribution in [0.5, 0.6) is 0 Å². The molecule has 0 N–H and O–H groups in total. The molecule has 0 saturated carbocycles. The quantitative estimate of drug-likeness (QED) is 0.309. The average Bonchev–Trinajstić information content (AvgIpc) is 2.38. The maximum atomic E-state index is 12.3. The first-order valence-corrected chi connectivity index (χ1v) is 7.76. The molecular weight excluding hydrogens is 300 g/mol. The summed E-state index contributed by atoms with van der Waals surface area (Å²) in [6.07, 6.45) is 0.260. The highest BCUT2D eigenvalue weighted by Gasteiger charge is 2.35. The fourth-order valence-electron chi connectivity index (χ4n) is 1.99. The Morgan fingerprint density at radius 2 is 1.39 bits per heavy atom. The second-order valence-corrected chi connectivity index (χ2v) is 7.82. The lowest BCUT2D eigenvalue weighted by atomic mass is 9.72. The van der Waals surface area contributed by atoms with E-state index < -0.39 is 18.4 Å². The van der Waals surface area contributed by atoms with Gasteiger partial charge in [0.2, 0.25) is 0 Å². The standard InChI is InChI=1S/C17H30O6/c1-16(2,3)11-12(17(4,5)6)15(20)23-9-8-22-14(19)10-13(18)21-7/h12H,8-11H2,1-7H3. The van der Waals surface area contributed by atoms with Crippen LogP contribution in [-0.4, -0.2) is 38.2 Å². The minimum absolute atomic E-state index is 0.00392. The van der Waals surface area contributed by atoms with Crippen LogP contribution in [0.3, 0.4) is 0 Å². The largest absolute Gasteiger partial charge is 0.469 e. The summed E-state index contributed by atoms with van der Waals surface area (Å²) in [5.41, 5.74) is -0.212. The lowest BCUT2D eigenvalue weighted by molar-refractivity contribution is -0.161. The van der Waals surface area contributed by atoms with Crippen LogP contribution in [0.2, 0.25) is 0 Å². The van der Waals surface area contributed by atoms with Gasteiger partial charge >= 0.3 is 17.9 Å². The van der Waals surface area contributed by atoms with E-state index in [1.165, 1.54) is 7.11 Å². The maximum Gasteiger partial charge on any atom is 0.317 e. The molecule has 0 heterocycles. The fraction of sp³-hybridized carbons (Fsp3) is 0.824. The Morgan fingerprint density at radius 3 is 1.83 bits per heavy atom. The lowest BCUT2D eigenvalue weighted by Gasteiger charge is -2.33. The second kappa shape index (κ2) is 8.89. The molecule has 1 atom stereocenters. The van der Waals surface area contributed by atoms with Gasteiger partial charge in [0, 0.05) is 0 Å². The summed E-state index contributed by atoms with van der Waals surface area (Å²) in [5, 5.41) is 0. The molecule has 1 unspecified atom stereocenters. The van der Waals surface area contributed by atoms with Gasteiger partial charge in [-0.1, -0.05) is 41.5 Å². The molecule has 0 aliphatic rings. The first-order chi connectivity index (χ1) is 10.4. The summed E-state index contributed by atoms with van der Waals surface area (Å²) in [4.78, 5) is 34.5. The Hall–Kier alpha value is -1.59. The number of hydrogen-bond acceptors (Lipinski definition) is 6. The monoisotopic (exact) mass is 330 g/mol. The van der Waals surface area contributed by atoms with E-state index in [4.69, 9.17) is 9.47 Å². The summed E-state index contributed by atoms with van der Waals surface area (Å²) in [5.74, 6) is -1.90. The smallest absolute Gasteiger partial charge is 0.317 e. The van der Waals surface area contributed by atoms with Crippen molar-refractivity contribution >= 4 is 17.9 Å². The lowest BCUT2D eigenvalue weighted by Crippen LogP contribution is -2.34. The van der Waals surface area contributed by atoms with E-state index in [-0.39, 0.29) is 35.9 Å². The molecule has 0 amide bonds. The highest BCUT2D eigenvalue weighted by Crippen LogP contribution is 2.36. The molecule has 0 aromatic heterocycles. The highest BCUT2D eigenvalue weighted by atomic mass is 16.6. The van der Waals surface area contributed by atoms with Crippen molar-refractivity contribution in [2.24, 2.45) is 16.7 Å². The second-order valence-electron chi connectivity index (χ2n) is 7.82. The fourth-order valence-corrected chi connectivity index (χ4v) is 1.99. The molecular formula is C17H30O6. The molecule has 0 aliphatic heterocycles. The summed E-state index contributed by atoms with van der Waals surface area (Å²) in [7, 11) is 1.19.